The third-order valence-corrected chi connectivity index (χ3v) is 3.21. The van der Waals surface area contributed by atoms with Gasteiger partial charge in [-0.2, -0.15) is 0 Å². The topological polar surface area (TPSA) is 33.1 Å². The van der Waals surface area contributed by atoms with Crippen LogP contribution in [0.4, 0.5) is 0 Å². The molecule has 0 bridgehead atoms. The van der Waals surface area contributed by atoms with E-state index >= 15 is 0 Å². The van der Waals surface area contributed by atoms with Gasteiger partial charge in [-0.3, -0.25) is 4.40 Å². The number of rotatable bonds is 0. The Hall–Kier alpha value is -2.03. The molecule has 4 rings (SSSR count). The van der Waals surface area contributed by atoms with E-state index in [2.05, 4.69) is 44.7 Å². The first-order valence-electron chi connectivity index (χ1n) is 5.58. The van der Waals surface area contributed by atoms with Crippen LogP contribution in [0.1, 0.15) is 17.8 Å². The number of H-pyrrole nitrogens is 1. The molecule has 0 amide bonds. The highest BCUT2D eigenvalue weighted by Gasteiger charge is 2.14. The number of imidazole rings is 2. The van der Waals surface area contributed by atoms with Crippen molar-refractivity contribution in [2.75, 3.05) is 0 Å². The number of aromatic nitrogens is 3. The zero-order chi connectivity index (χ0) is 10.5. The minimum absolute atomic E-state index is 0.956. The second-order valence-corrected chi connectivity index (χ2v) is 4.19. The van der Waals surface area contributed by atoms with E-state index in [0.717, 1.165) is 24.1 Å². The highest BCUT2D eigenvalue weighted by Crippen LogP contribution is 2.24. The Balaban J connectivity index is 2.24. The van der Waals surface area contributed by atoms with Crippen molar-refractivity contribution < 1.29 is 0 Å². The molecule has 0 saturated carbocycles. The lowest BCUT2D eigenvalue weighted by atomic mass is 10.1. The number of benzene rings is 1. The van der Waals surface area contributed by atoms with Crippen molar-refractivity contribution in [3.63, 3.8) is 0 Å². The van der Waals surface area contributed by atoms with E-state index in [1.807, 2.05) is 6.07 Å². The normalized spacial score (nSPS) is 14.8. The minimum atomic E-state index is 0.956. The van der Waals surface area contributed by atoms with Gasteiger partial charge in [-0.15, -0.1) is 0 Å². The molecule has 1 aromatic carbocycles. The van der Waals surface area contributed by atoms with Gasteiger partial charge in [-0.05, 0) is 31.1 Å². The second-order valence-electron chi connectivity index (χ2n) is 4.19. The van der Waals surface area contributed by atoms with Crippen LogP contribution >= 0.6 is 0 Å². The Bertz CT molecular complexity index is 715. The molecule has 2 aromatic heterocycles. The van der Waals surface area contributed by atoms with Gasteiger partial charge in [0.05, 0.1) is 16.7 Å². The molecule has 3 aromatic rings. The van der Waals surface area contributed by atoms with Gasteiger partial charge in [0.1, 0.15) is 0 Å². The molecule has 0 aliphatic heterocycles. The van der Waals surface area contributed by atoms with E-state index in [1.165, 1.54) is 16.9 Å². The van der Waals surface area contributed by atoms with Gasteiger partial charge in [0.15, 0.2) is 0 Å². The van der Waals surface area contributed by atoms with E-state index in [-0.39, 0.29) is 0 Å². The summed E-state index contributed by atoms with van der Waals surface area (Å²) < 4.78 is 2.21. The molecule has 78 valence electrons. The average molecular weight is 209 g/mol. The highest BCUT2D eigenvalue weighted by molar-refractivity contribution is 5.81. The summed E-state index contributed by atoms with van der Waals surface area (Å²) in [7, 11) is 0. The maximum Gasteiger partial charge on any atom is 0.213 e. The predicted molar refractivity (Wildman–Crippen MR) is 64.4 cm³/mol. The van der Waals surface area contributed by atoms with Crippen molar-refractivity contribution >= 4 is 22.9 Å². The van der Waals surface area contributed by atoms with Crippen molar-refractivity contribution in [1.82, 2.24) is 14.4 Å². The number of para-hydroxylation sites is 2. The first-order valence-corrected chi connectivity index (χ1v) is 5.58. The molecule has 0 unspecified atom stereocenters. The maximum atomic E-state index is 4.59. The van der Waals surface area contributed by atoms with Gasteiger partial charge in [-0.25, -0.2) is 4.98 Å². The fourth-order valence-corrected chi connectivity index (χ4v) is 2.48. The number of nitrogens with one attached hydrogen (secondary N) is 1. The lowest BCUT2D eigenvalue weighted by molar-refractivity contribution is 0.942. The Labute approximate surface area is 92.4 Å². The van der Waals surface area contributed by atoms with Gasteiger partial charge < -0.3 is 4.98 Å². The van der Waals surface area contributed by atoms with Crippen LogP contribution in [-0.4, -0.2) is 14.4 Å². The number of aryl methyl sites for hydroxylation is 1. The fraction of sp³-hybridized carbons (Fsp3) is 0.154. The van der Waals surface area contributed by atoms with Crippen molar-refractivity contribution in [2.24, 2.45) is 0 Å². The summed E-state index contributed by atoms with van der Waals surface area (Å²) in [5, 5.41) is 0. The largest absolute Gasteiger partial charge is 0.327 e. The maximum absolute atomic E-state index is 4.59. The van der Waals surface area contributed by atoms with E-state index in [1.54, 1.807) is 0 Å². The van der Waals surface area contributed by atoms with Gasteiger partial charge in [-0.1, -0.05) is 18.2 Å². The molecule has 1 N–H and O–H groups in total. The summed E-state index contributed by atoms with van der Waals surface area (Å²) in [6, 6.07) is 8.25. The van der Waals surface area contributed by atoms with Gasteiger partial charge in [0, 0.05) is 5.69 Å². The molecule has 3 nitrogen and oxygen atoms in total. The smallest absolute Gasteiger partial charge is 0.213 e. The second kappa shape index (κ2) is 2.76. The molecule has 0 spiro atoms. The molecule has 16 heavy (non-hydrogen) atoms. The monoisotopic (exact) mass is 209 g/mol. The van der Waals surface area contributed by atoms with Crippen LogP contribution in [0.3, 0.4) is 0 Å². The quantitative estimate of drug-likeness (QED) is 0.606. The molecule has 0 atom stereocenters. The summed E-state index contributed by atoms with van der Waals surface area (Å²) in [6.07, 6.45) is 6.62. The Morgan fingerprint density at radius 1 is 1.25 bits per heavy atom. The number of allylic oxidation sites excluding steroid dienone is 1. The van der Waals surface area contributed by atoms with Gasteiger partial charge in [0.25, 0.3) is 0 Å². The molecule has 2 heterocycles. The van der Waals surface area contributed by atoms with Crippen LogP contribution in [0, 0.1) is 0 Å². The lowest BCUT2D eigenvalue weighted by Gasteiger charge is -2.04. The molecule has 1 aliphatic carbocycles. The number of nitrogens with zero attached hydrogens (tertiary/aromatic N) is 2. The molecule has 1 aliphatic rings. The van der Waals surface area contributed by atoms with Crippen LogP contribution in [0.25, 0.3) is 22.9 Å². The van der Waals surface area contributed by atoms with Gasteiger partial charge in [0.2, 0.25) is 5.78 Å². The lowest BCUT2D eigenvalue weighted by Crippen LogP contribution is -1.94. The van der Waals surface area contributed by atoms with Gasteiger partial charge >= 0.3 is 0 Å². The number of hydrogen-bond acceptors (Lipinski definition) is 1. The first-order chi connectivity index (χ1) is 7.93. The molecular weight excluding hydrogens is 198 g/mol. The first kappa shape index (κ1) is 8.16. The van der Waals surface area contributed by atoms with Crippen LogP contribution < -0.4 is 0 Å². The SMILES string of the molecule is C1=Cc2c([nH]c3nc4ccccc4n23)CC1. The molecular formula is C13H11N3. The third kappa shape index (κ3) is 0.902. The fourth-order valence-electron chi connectivity index (χ4n) is 2.48. The number of fused-ring (bicyclic) bond motifs is 5. The van der Waals surface area contributed by atoms with Crippen LogP contribution in [0.2, 0.25) is 0 Å². The Morgan fingerprint density at radius 3 is 3.19 bits per heavy atom. The van der Waals surface area contributed by atoms with E-state index in [9.17, 15) is 0 Å². The zero-order valence-electron chi connectivity index (χ0n) is 8.77. The minimum Gasteiger partial charge on any atom is -0.327 e. The van der Waals surface area contributed by atoms with E-state index in [0.29, 0.717) is 0 Å². The van der Waals surface area contributed by atoms with Crippen molar-refractivity contribution in [3.05, 3.63) is 41.7 Å². The number of aromatic amines is 1. The van der Waals surface area contributed by atoms with Crippen LogP contribution in [-0.2, 0) is 6.42 Å². The van der Waals surface area contributed by atoms with E-state index in [4.69, 9.17) is 0 Å². The van der Waals surface area contributed by atoms with E-state index < -0.39 is 0 Å². The Kier molecular flexibility index (Phi) is 1.41. The van der Waals surface area contributed by atoms with Crippen LogP contribution in [0.5, 0.6) is 0 Å². The summed E-state index contributed by atoms with van der Waals surface area (Å²) in [6.45, 7) is 0. The standard InChI is InChI=1S/C13H11N3/c1-3-7-11-9(5-1)14-13-15-10-6-2-4-8-12(10)16(11)13/h1,3-5,7-8H,2,6H2,(H,14,15). The highest BCUT2D eigenvalue weighted by atomic mass is 15.1. The van der Waals surface area contributed by atoms with Crippen molar-refractivity contribution in [2.45, 2.75) is 12.8 Å². The molecule has 3 heteroatoms. The summed E-state index contributed by atoms with van der Waals surface area (Å²) in [5.41, 5.74) is 4.79. The predicted octanol–water partition coefficient (Wildman–Crippen LogP) is 2.78. The molecule has 0 saturated heterocycles. The number of hydrogen-bond donors (Lipinski definition) is 1. The summed E-state index contributed by atoms with van der Waals surface area (Å²) >= 11 is 0. The Morgan fingerprint density at radius 2 is 2.19 bits per heavy atom. The van der Waals surface area contributed by atoms with Crippen molar-refractivity contribution in [1.29, 1.82) is 0 Å². The summed E-state index contributed by atoms with van der Waals surface area (Å²) in [4.78, 5) is 8.00. The third-order valence-electron chi connectivity index (χ3n) is 3.21. The zero-order valence-corrected chi connectivity index (χ0v) is 8.77. The molecule has 0 fully saturated rings. The van der Waals surface area contributed by atoms with Crippen LogP contribution in [0.15, 0.2) is 30.3 Å². The van der Waals surface area contributed by atoms with Crippen molar-refractivity contribution in [3.8, 4) is 0 Å². The average Bonchev–Trinajstić information content (AvgIpc) is 2.83. The molecule has 0 radical (unpaired) electrons. The summed E-state index contributed by atoms with van der Waals surface area (Å²) in [5.74, 6) is 0.956.